The van der Waals surface area contributed by atoms with Crippen molar-refractivity contribution in [1.82, 2.24) is 9.78 Å². The standard InChI is InChI=1S/C11H19N3/c1-9(2)5-7-12-11-6-8-14(13-11)10-3-4-10/h6,8-10H,3-5,7H2,1-2H3,(H,12,13). The van der Waals surface area contributed by atoms with E-state index in [-0.39, 0.29) is 0 Å². The van der Waals surface area contributed by atoms with Crippen molar-refractivity contribution < 1.29 is 0 Å². The van der Waals surface area contributed by atoms with Gasteiger partial charge in [0.15, 0.2) is 0 Å². The molecule has 1 fully saturated rings. The third-order valence-electron chi connectivity index (χ3n) is 2.56. The first-order chi connectivity index (χ1) is 6.75. The van der Waals surface area contributed by atoms with Gasteiger partial charge in [0.1, 0.15) is 5.82 Å². The fourth-order valence-corrected chi connectivity index (χ4v) is 1.46. The van der Waals surface area contributed by atoms with Crippen molar-refractivity contribution in [3.8, 4) is 0 Å². The molecule has 0 spiro atoms. The Bertz CT molecular complexity index is 286. The Labute approximate surface area is 85.5 Å². The van der Waals surface area contributed by atoms with E-state index in [1.165, 1.54) is 19.3 Å². The van der Waals surface area contributed by atoms with Gasteiger partial charge >= 0.3 is 0 Å². The molecule has 0 unspecified atom stereocenters. The maximum Gasteiger partial charge on any atom is 0.147 e. The third kappa shape index (κ3) is 2.50. The maximum atomic E-state index is 4.47. The van der Waals surface area contributed by atoms with Crippen LogP contribution in [-0.4, -0.2) is 16.3 Å². The molecular weight excluding hydrogens is 174 g/mol. The van der Waals surface area contributed by atoms with Crippen LogP contribution >= 0.6 is 0 Å². The van der Waals surface area contributed by atoms with Gasteiger partial charge in [0, 0.05) is 18.8 Å². The van der Waals surface area contributed by atoms with E-state index in [2.05, 4.69) is 41.2 Å². The molecule has 0 radical (unpaired) electrons. The van der Waals surface area contributed by atoms with Gasteiger partial charge in [-0.15, -0.1) is 0 Å². The molecule has 1 aromatic rings. The number of rotatable bonds is 5. The minimum Gasteiger partial charge on any atom is -0.369 e. The summed E-state index contributed by atoms with van der Waals surface area (Å²) in [5, 5.41) is 7.82. The second-order valence-electron chi connectivity index (χ2n) is 4.52. The molecule has 0 amide bonds. The van der Waals surface area contributed by atoms with Crippen LogP contribution in [0.15, 0.2) is 12.3 Å². The van der Waals surface area contributed by atoms with Crippen LogP contribution in [0.1, 0.15) is 39.2 Å². The highest BCUT2D eigenvalue weighted by molar-refractivity contribution is 5.32. The summed E-state index contributed by atoms with van der Waals surface area (Å²) in [7, 11) is 0. The molecule has 0 aromatic carbocycles. The van der Waals surface area contributed by atoms with Gasteiger partial charge in [0.05, 0.1) is 6.04 Å². The lowest BCUT2D eigenvalue weighted by molar-refractivity contribution is 0.603. The van der Waals surface area contributed by atoms with E-state index in [0.29, 0.717) is 6.04 Å². The molecule has 1 aliphatic rings. The van der Waals surface area contributed by atoms with Crippen LogP contribution in [0.5, 0.6) is 0 Å². The van der Waals surface area contributed by atoms with Crippen LogP contribution in [0.3, 0.4) is 0 Å². The first-order valence-electron chi connectivity index (χ1n) is 5.55. The highest BCUT2D eigenvalue weighted by Gasteiger charge is 2.23. The van der Waals surface area contributed by atoms with Crippen molar-refractivity contribution in [2.24, 2.45) is 5.92 Å². The Morgan fingerprint density at radius 2 is 2.36 bits per heavy atom. The van der Waals surface area contributed by atoms with Gasteiger partial charge in [-0.3, -0.25) is 4.68 Å². The summed E-state index contributed by atoms with van der Waals surface area (Å²) in [5.74, 6) is 1.78. The van der Waals surface area contributed by atoms with E-state index in [9.17, 15) is 0 Å². The number of hydrogen-bond acceptors (Lipinski definition) is 2. The van der Waals surface area contributed by atoms with E-state index in [1.807, 2.05) is 0 Å². The van der Waals surface area contributed by atoms with E-state index < -0.39 is 0 Å². The van der Waals surface area contributed by atoms with Gasteiger partial charge < -0.3 is 5.32 Å². The largest absolute Gasteiger partial charge is 0.369 e. The highest BCUT2D eigenvalue weighted by Crippen LogP contribution is 2.34. The predicted octanol–water partition coefficient (Wildman–Crippen LogP) is 2.68. The molecule has 1 N–H and O–H groups in total. The first-order valence-corrected chi connectivity index (χ1v) is 5.55. The summed E-state index contributed by atoms with van der Waals surface area (Å²) in [5.41, 5.74) is 0. The predicted molar refractivity (Wildman–Crippen MR) is 58.4 cm³/mol. The smallest absolute Gasteiger partial charge is 0.147 e. The van der Waals surface area contributed by atoms with Crippen molar-refractivity contribution in [2.45, 2.75) is 39.2 Å². The summed E-state index contributed by atoms with van der Waals surface area (Å²) < 4.78 is 2.08. The van der Waals surface area contributed by atoms with E-state index in [4.69, 9.17) is 0 Å². The number of nitrogens with one attached hydrogen (secondary N) is 1. The summed E-state index contributed by atoms with van der Waals surface area (Å²) in [4.78, 5) is 0. The van der Waals surface area contributed by atoms with Gasteiger partial charge in [0.2, 0.25) is 0 Å². The van der Waals surface area contributed by atoms with Crippen LogP contribution in [0, 0.1) is 5.92 Å². The number of aromatic nitrogens is 2. The Morgan fingerprint density at radius 1 is 1.57 bits per heavy atom. The number of nitrogens with zero attached hydrogens (tertiary/aromatic N) is 2. The molecule has 3 heteroatoms. The van der Waals surface area contributed by atoms with Crippen LogP contribution in [-0.2, 0) is 0 Å². The second kappa shape index (κ2) is 4.03. The highest BCUT2D eigenvalue weighted by atomic mass is 15.3. The summed E-state index contributed by atoms with van der Waals surface area (Å²) in [6, 6.07) is 2.76. The van der Waals surface area contributed by atoms with Crippen molar-refractivity contribution in [2.75, 3.05) is 11.9 Å². The molecular formula is C11H19N3. The lowest BCUT2D eigenvalue weighted by Gasteiger charge is -2.05. The normalized spacial score (nSPS) is 16.2. The third-order valence-corrected chi connectivity index (χ3v) is 2.56. The minimum atomic E-state index is 0.690. The summed E-state index contributed by atoms with van der Waals surface area (Å²) in [6.45, 7) is 5.51. The number of anilines is 1. The average molecular weight is 193 g/mol. The van der Waals surface area contributed by atoms with Crippen molar-refractivity contribution in [3.05, 3.63) is 12.3 Å². The van der Waals surface area contributed by atoms with Crippen LogP contribution in [0.25, 0.3) is 0 Å². The fraction of sp³-hybridized carbons (Fsp3) is 0.727. The zero-order valence-corrected chi connectivity index (χ0v) is 9.03. The van der Waals surface area contributed by atoms with Crippen LogP contribution in [0.2, 0.25) is 0 Å². The van der Waals surface area contributed by atoms with Crippen molar-refractivity contribution >= 4 is 5.82 Å². The number of hydrogen-bond donors (Lipinski definition) is 1. The molecule has 0 aliphatic heterocycles. The minimum absolute atomic E-state index is 0.690. The molecule has 0 atom stereocenters. The molecule has 0 bridgehead atoms. The van der Waals surface area contributed by atoms with E-state index in [1.54, 1.807) is 0 Å². The van der Waals surface area contributed by atoms with Gasteiger partial charge in [-0.05, 0) is 25.2 Å². The molecule has 78 valence electrons. The average Bonchev–Trinajstić information content (AvgIpc) is 2.87. The van der Waals surface area contributed by atoms with Gasteiger partial charge in [-0.1, -0.05) is 13.8 Å². The second-order valence-corrected chi connectivity index (χ2v) is 4.52. The molecule has 1 heterocycles. The molecule has 0 saturated heterocycles. The van der Waals surface area contributed by atoms with Crippen molar-refractivity contribution in [1.29, 1.82) is 0 Å². The molecule has 1 saturated carbocycles. The summed E-state index contributed by atoms with van der Waals surface area (Å²) in [6.07, 6.45) is 5.88. The van der Waals surface area contributed by atoms with Gasteiger partial charge in [-0.2, -0.15) is 5.10 Å². The molecule has 1 aromatic heterocycles. The SMILES string of the molecule is CC(C)CCNc1ccn(C2CC2)n1. The zero-order valence-electron chi connectivity index (χ0n) is 9.03. The molecule has 2 rings (SSSR count). The first kappa shape index (κ1) is 9.56. The topological polar surface area (TPSA) is 29.9 Å². The van der Waals surface area contributed by atoms with E-state index >= 15 is 0 Å². The Kier molecular flexibility index (Phi) is 2.75. The monoisotopic (exact) mass is 193 g/mol. The van der Waals surface area contributed by atoms with Gasteiger partial charge in [0.25, 0.3) is 0 Å². The van der Waals surface area contributed by atoms with E-state index in [0.717, 1.165) is 18.3 Å². The lowest BCUT2D eigenvalue weighted by atomic mass is 10.1. The Hall–Kier alpha value is -0.990. The Morgan fingerprint density at radius 3 is 3.00 bits per heavy atom. The van der Waals surface area contributed by atoms with Crippen molar-refractivity contribution in [3.63, 3.8) is 0 Å². The van der Waals surface area contributed by atoms with Crippen LogP contribution < -0.4 is 5.32 Å². The quantitative estimate of drug-likeness (QED) is 0.779. The molecule has 3 nitrogen and oxygen atoms in total. The zero-order chi connectivity index (χ0) is 9.97. The maximum absolute atomic E-state index is 4.47. The Balaban J connectivity index is 1.78. The molecule has 1 aliphatic carbocycles. The van der Waals surface area contributed by atoms with Gasteiger partial charge in [-0.25, -0.2) is 0 Å². The lowest BCUT2D eigenvalue weighted by Crippen LogP contribution is -2.05. The van der Waals surface area contributed by atoms with Crippen LogP contribution in [0.4, 0.5) is 5.82 Å². The fourth-order valence-electron chi connectivity index (χ4n) is 1.46. The summed E-state index contributed by atoms with van der Waals surface area (Å²) >= 11 is 0. The molecule has 14 heavy (non-hydrogen) atoms.